The van der Waals surface area contributed by atoms with Crippen LogP contribution in [-0.4, -0.2) is 70.8 Å². The predicted octanol–water partition coefficient (Wildman–Crippen LogP) is 4.78. The van der Waals surface area contributed by atoms with Crippen molar-refractivity contribution in [2.24, 2.45) is 11.8 Å². The number of nitrogens with one attached hydrogen (secondary N) is 2. The van der Waals surface area contributed by atoms with Crippen molar-refractivity contribution in [2.45, 2.75) is 75.5 Å². The monoisotopic (exact) mass is 708 g/mol. The lowest BCUT2D eigenvalue weighted by Crippen LogP contribution is -2.46. The summed E-state index contributed by atoms with van der Waals surface area (Å²) in [5, 5.41) is 25.2. The van der Waals surface area contributed by atoms with E-state index in [0.29, 0.717) is 31.7 Å². The molecule has 2 saturated heterocycles. The summed E-state index contributed by atoms with van der Waals surface area (Å²) in [5.41, 5.74) is 3.51. The summed E-state index contributed by atoms with van der Waals surface area (Å²) in [6, 6.07) is 25.3. The van der Waals surface area contributed by atoms with Crippen molar-refractivity contribution in [2.75, 3.05) is 29.9 Å². The van der Waals surface area contributed by atoms with Crippen LogP contribution < -0.4 is 15.5 Å². The second-order valence-corrected chi connectivity index (χ2v) is 18.8. The standard InChI is InChI=1S/C39H48N6O5Si/c1-26-36(51(2,3)49)35(19-21-44-24-33(42-43-44)31(25-46)28-10-5-4-6-11-28)50-39(26)32-13-7-8-14-34(32)45(38(39)48)23-27-15-17-30(18-16-27)41-37(47)29-12-9-20-40-22-29/h4-8,10-11,13-18,24,26,29,31,35-36,40,46,49H,9,12,19-23,25H2,1-3H3,(H,41,47)/t26-,29?,31?,35+,36-,39+/m0/s1. The minimum atomic E-state index is -2.84. The summed E-state index contributed by atoms with van der Waals surface area (Å²) in [4.78, 5) is 41.0. The van der Waals surface area contributed by atoms with Gasteiger partial charge in [-0.3, -0.25) is 14.3 Å². The van der Waals surface area contributed by atoms with Gasteiger partial charge in [-0.2, -0.15) is 0 Å². The van der Waals surface area contributed by atoms with Gasteiger partial charge in [-0.15, -0.1) is 5.10 Å². The fourth-order valence-corrected chi connectivity index (χ4v) is 11.2. The third-order valence-corrected chi connectivity index (χ3v) is 13.6. The molecule has 0 aliphatic carbocycles. The van der Waals surface area contributed by atoms with Crippen molar-refractivity contribution in [3.05, 3.63) is 107 Å². The molecule has 51 heavy (non-hydrogen) atoms. The lowest BCUT2D eigenvalue weighted by Gasteiger charge is -2.32. The molecule has 1 aromatic heterocycles. The number of carbonyl (C=O) groups is 2. The Morgan fingerprint density at radius 1 is 1.10 bits per heavy atom. The Balaban J connectivity index is 1.09. The number of para-hydroxylation sites is 1. The van der Waals surface area contributed by atoms with Crippen molar-refractivity contribution in [1.82, 2.24) is 20.3 Å². The van der Waals surface area contributed by atoms with Gasteiger partial charge in [-0.1, -0.05) is 72.8 Å². The number of amides is 2. The van der Waals surface area contributed by atoms with Gasteiger partial charge in [0.1, 0.15) is 0 Å². The molecule has 0 saturated carbocycles. The molecule has 7 rings (SSSR count). The Bertz CT molecular complexity index is 1840. The van der Waals surface area contributed by atoms with Crippen molar-refractivity contribution < 1.29 is 24.2 Å². The number of rotatable bonds is 11. The molecule has 0 bridgehead atoms. The molecule has 3 aliphatic heterocycles. The smallest absolute Gasteiger partial charge is 0.264 e. The number of anilines is 2. The number of ether oxygens (including phenoxy) is 1. The molecule has 4 aromatic rings. The Hall–Kier alpha value is -4.20. The van der Waals surface area contributed by atoms with E-state index in [2.05, 4.69) is 20.9 Å². The first-order valence-corrected chi connectivity index (χ1v) is 21.1. The van der Waals surface area contributed by atoms with Crippen molar-refractivity contribution in [3.8, 4) is 0 Å². The van der Waals surface area contributed by atoms with Gasteiger partial charge in [0.05, 0.1) is 42.5 Å². The zero-order chi connectivity index (χ0) is 35.8. The molecule has 2 fully saturated rings. The fraction of sp³-hybridized carbons (Fsp3) is 0.436. The van der Waals surface area contributed by atoms with Gasteiger partial charge >= 0.3 is 0 Å². The Morgan fingerprint density at radius 3 is 2.55 bits per heavy atom. The molecule has 2 amide bonds. The average Bonchev–Trinajstić information content (AvgIpc) is 3.79. The minimum Gasteiger partial charge on any atom is -0.432 e. The van der Waals surface area contributed by atoms with Crippen LogP contribution in [-0.2, 0) is 33.0 Å². The predicted molar refractivity (Wildman–Crippen MR) is 197 cm³/mol. The number of aryl methyl sites for hydroxylation is 1. The summed E-state index contributed by atoms with van der Waals surface area (Å²) in [7, 11) is -2.84. The quantitative estimate of drug-likeness (QED) is 0.163. The SMILES string of the molecule is C[C@H]1[C@H]([Si](C)(C)O)[C@@H](CCn2cc(C(CO)c3ccccc3)nn2)O[C@]12C(=O)N(Cc1ccc(NC(=O)C3CCCNC3)cc1)c1ccccc12. The van der Waals surface area contributed by atoms with E-state index >= 15 is 0 Å². The normalized spacial score (nSPS) is 25.3. The number of hydrogen-bond acceptors (Lipinski definition) is 8. The molecule has 3 aromatic carbocycles. The van der Waals surface area contributed by atoms with Crippen LogP contribution in [0.3, 0.4) is 0 Å². The van der Waals surface area contributed by atoms with Gasteiger partial charge < -0.3 is 30.2 Å². The van der Waals surface area contributed by atoms with Gasteiger partial charge in [-0.05, 0) is 68.2 Å². The number of benzene rings is 3. The topological polar surface area (TPSA) is 142 Å². The molecule has 6 atom stereocenters. The molecule has 2 unspecified atom stereocenters. The maximum Gasteiger partial charge on any atom is 0.264 e. The zero-order valence-electron chi connectivity index (χ0n) is 29.5. The Morgan fingerprint density at radius 2 is 1.84 bits per heavy atom. The van der Waals surface area contributed by atoms with Gasteiger partial charge in [-0.25, -0.2) is 0 Å². The first-order valence-electron chi connectivity index (χ1n) is 18.1. The maximum atomic E-state index is 14.7. The molecule has 4 heterocycles. The summed E-state index contributed by atoms with van der Waals surface area (Å²) in [6.45, 7) is 8.29. The van der Waals surface area contributed by atoms with E-state index in [-0.39, 0.29) is 47.8 Å². The third-order valence-electron chi connectivity index (χ3n) is 11.1. The van der Waals surface area contributed by atoms with Gasteiger partial charge in [0.15, 0.2) is 13.9 Å². The lowest BCUT2D eigenvalue weighted by molar-refractivity contribution is -0.146. The number of aliphatic hydroxyl groups excluding tert-OH is 1. The van der Waals surface area contributed by atoms with E-state index in [0.717, 1.165) is 47.5 Å². The fourth-order valence-electron chi connectivity index (χ4n) is 8.55. The number of carbonyl (C=O) groups excluding carboxylic acids is 2. The van der Waals surface area contributed by atoms with E-state index in [1.165, 1.54) is 0 Å². The van der Waals surface area contributed by atoms with E-state index in [4.69, 9.17) is 4.74 Å². The number of piperidine rings is 1. The number of aromatic nitrogens is 3. The maximum absolute atomic E-state index is 14.7. The number of fused-ring (bicyclic) bond motifs is 2. The molecule has 3 aliphatic rings. The van der Waals surface area contributed by atoms with Crippen LogP contribution in [0.15, 0.2) is 85.1 Å². The average molecular weight is 709 g/mol. The minimum absolute atomic E-state index is 0.0261. The Labute approximate surface area is 300 Å². The molecular formula is C39H48N6O5Si. The van der Waals surface area contributed by atoms with E-state index in [1.54, 1.807) is 9.58 Å². The summed E-state index contributed by atoms with van der Waals surface area (Å²) in [5.74, 6) is -0.690. The third kappa shape index (κ3) is 6.78. The molecule has 0 radical (unpaired) electrons. The Kier molecular flexibility index (Phi) is 9.96. The van der Waals surface area contributed by atoms with Crippen LogP contribution in [0.25, 0.3) is 0 Å². The highest BCUT2D eigenvalue weighted by molar-refractivity contribution is 6.71. The second-order valence-electron chi connectivity index (χ2n) is 14.8. The highest BCUT2D eigenvalue weighted by atomic mass is 28.4. The number of nitrogens with zero attached hydrogens (tertiary/aromatic N) is 4. The van der Waals surface area contributed by atoms with Crippen molar-refractivity contribution in [1.29, 1.82) is 0 Å². The van der Waals surface area contributed by atoms with Crippen LogP contribution in [0, 0.1) is 11.8 Å². The van der Waals surface area contributed by atoms with Gasteiger partial charge in [0.25, 0.3) is 5.91 Å². The van der Waals surface area contributed by atoms with E-state index in [1.807, 2.05) is 105 Å². The zero-order valence-corrected chi connectivity index (χ0v) is 30.5. The molecular weight excluding hydrogens is 661 g/mol. The highest BCUT2D eigenvalue weighted by Crippen LogP contribution is 2.59. The van der Waals surface area contributed by atoms with Crippen LogP contribution in [0.1, 0.15) is 54.5 Å². The van der Waals surface area contributed by atoms with E-state index < -0.39 is 13.9 Å². The molecule has 11 nitrogen and oxygen atoms in total. The molecule has 4 N–H and O–H groups in total. The van der Waals surface area contributed by atoms with E-state index in [9.17, 15) is 19.5 Å². The summed E-state index contributed by atoms with van der Waals surface area (Å²) in [6.07, 6.45) is 3.89. The highest BCUT2D eigenvalue weighted by Gasteiger charge is 2.66. The summed E-state index contributed by atoms with van der Waals surface area (Å²) >= 11 is 0. The number of hydrogen-bond donors (Lipinski definition) is 4. The first kappa shape index (κ1) is 35.2. The molecule has 268 valence electrons. The number of aliphatic hydroxyl groups is 1. The van der Waals surface area contributed by atoms with Crippen LogP contribution >= 0.6 is 0 Å². The van der Waals surface area contributed by atoms with Gasteiger partial charge in [0.2, 0.25) is 5.91 Å². The largest absolute Gasteiger partial charge is 0.432 e. The van der Waals surface area contributed by atoms with Crippen LogP contribution in [0.2, 0.25) is 18.6 Å². The van der Waals surface area contributed by atoms with Crippen LogP contribution in [0.4, 0.5) is 11.4 Å². The van der Waals surface area contributed by atoms with Crippen molar-refractivity contribution >= 4 is 31.5 Å². The first-order chi connectivity index (χ1) is 24.6. The van der Waals surface area contributed by atoms with Crippen LogP contribution in [0.5, 0.6) is 0 Å². The summed E-state index contributed by atoms with van der Waals surface area (Å²) < 4.78 is 8.75. The molecule has 1 spiro atoms. The van der Waals surface area contributed by atoms with Gasteiger partial charge in [0, 0.05) is 42.0 Å². The van der Waals surface area contributed by atoms with Crippen molar-refractivity contribution in [3.63, 3.8) is 0 Å². The lowest BCUT2D eigenvalue weighted by atomic mass is 9.82. The second kappa shape index (κ2) is 14.4. The molecule has 12 heteroatoms.